The SMILES string of the molecule is CCCS(=O)(=O)N1CCCCC1C(=O)NCCCN1CC(C)CC(C)C1. The van der Waals surface area contributed by atoms with Crippen LogP contribution in [0.4, 0.5) is 0 Å². The van der Waals surface area contributed by atoms with E-state index in [-0.39, 0.29) is 11.7 Å². The predicted octanol–water partition coefficient (Wildman–Crippen LogP) is 2.06. The van der Waals surface area contributed by atoms with Crippen LogP contribution in [0, 0.1) is 11.8 Å². The van der Waals surface area contributed by atoms with Crippen molar-refractivity contribution in [3.05, 3.63) is 0 Å². The quantitative estimate of drug-likeness (QED) is 0.647. The van der Waals surface area contributed by atoms with Gasteiger partial charge in [-0.3, -0.25) is 4.79 Å². The van der Waals surface area contributed by atoms with Gasteiger partial charge in [0.2, 0.25) is 15.9 Å². The monoisotopic (exact) mass is 387 g/mol. The summed E-state index contributed by atoms with van der Waals surface area (Å²) in [6.07, 6.45) is 5.20. The average Bonchev–Trinajstić information content (AvgIpc) is 2.57. The first-order valence-corrected chi connectivity index (χ1v) is 11.9. The van der Waals surface area contributed by atoms with Crippen LogP contribution in [0.3, 0.4) is 0 Å². The second kappa shape index (κ2) is 10.0. The number of piperidine rings is 2. The highest BCUT2D eigenvalue weighted by molar-refractivity contribution is 7.89. The molecule has 2 heterocycles. The molecule has 26 heavy (non-hydrogen) atoms. The lowest BCUT2D eigenvalue weighted by Crippen LogP contribution is -2.52. The standard InChI is InChI=1S/C19H37N3O3S/c1-4-12-26(24,25)22-11-6-5-8-18(22)19(23)20-9-7-10-21-14-16(2)13-17(3)15-21/h16-18H,4-15H2,1-3H3,(H,20,23). The van der Waals surface area contributed by atoms with Crippen molar-refractivity contribution in [2.45, 2.75) is 65.3 Å². The van der Waals surface area contributed by atoms with E-state index < -0.39 is 16.1 Å². The van der Waals surface area contributed by atoms with Gasteiger partial charge in [0.25, 0.3) is 0 Å². The zero-order valence-corrected chi connectivity index (χ0v) is 17.6. The minimum atomic E-state index is -3.32. The Balaban J connectivity index is 1.78. The molecular formula is C19H37N3O3S. The fraction of sp³-hybridized carbons (Fsp3) is 0.947. The van der Waals surface area contributed by atoms with Crippen LogP contribution in [-0.2, 0) is 14.8 Å². The van der Waals surface area contributed by atoms with Crippen molar-refractivity contribution in [1.29, 1.82) is 0 Å². The summed E-state index contributed by atoms with van der Waals surface area (Å²) >= 11 is 0. The summed E-state index contributed by atoms with van der Waals surface area (Å²) < 4.78 is 26.3. The summed E-state index contributed by atoms with van der Waals surface area (Å²) in [5.41, 5.74) is 0. The van der Waals surface area contributed by atoms with E-state index in [0.717, 1.165) is 50.7 Å². The second-order valence-corrected chi connectivity index (χ2v) is 10.3. The first-order valence-electron chi connectivity index (χ1n) is 10.3. The first-order chi connectivity index (χ1) is 12.3. The number of hydrogen-bond donors (Lipinski definition) is 1. The van der Waals surface area contributed by atoms with Crippen molar-refractivity contribution in [3.63, 3.8) is 0 Å². The lowest BCUT2D eigenvalue weighted by molar-refractivity contribution is -0.125. The number of carbonyl (C=O) groups is 1. The van der Waals surface area contributed by atoms with Crippen LogP contribution in [-0.4, -0.2) is 68.0 Å². The lowest BCUT2D eigenvalue weighted by atomic mass is 9.92. The van der Waals surface area contributed by atoms with E-state index >= 15 is 0 Å². The van der Waals surface area contributed by atoms with Crippen LogP contribution >= 0.6 is 0 Å². The molecule has 2 fully saturated rings. The predicted molar refractivity (Wildman–Crippen MR) is 105 cm³/mol. The molecule has 0 bridgehead atoms. The van der Waals surface area contributed by atoms with Gasteiger partial charge in [0.05, 0.1) is 5.75 Å². The topological polar surface area (TPSA) is 69.7 Å². The van der Waals surface area contributed by atoms with Gasteiger partial charge >= 0.3 is 0 Å². The molecule has 0 spiro atoms. The third kappa shape index (κ3) is 6.20. The molecule has 1 N–H and O–H groups in total. The minimum absolute atomic E-state index is 0.121. The van der Waals surface area contributed by atoms with Gasteiger partial charge in [-0.05, 0) is 50.5 Å². The fourth-order valence-corrected chi connectivity index (χ4v) is 6.23. The Labute approximate surface area is 159 Å². The molecule has 0 aromatic heterocycles. The number of sulfonamides is 1. The Bertz CT molecular complexity index is 542. The molecule has 0 aromatic rings. The Morgan fingerprint density at radius 1 is 1.15 bits per heavy atom. The van der Waals surface area contributed by atoms with Crippen LogP contribution in [0.15, 0.2) is 0 Å². The number of carbonyl (C=O) groups excluding carboxylic acids is 1. The molecule has 2 saturated heterocycles. The van der Waals surface area contributed by atoms with Crippen molar-refractivity contribution in [1.82, 2.24) is 14.5 Å². The summed E-state index contributed by atoms with van der Waals surface area (Å²) in [6.45, 7) is 10.8. The van der Waals surface area contributed by atoms with E-state index in [1.807, 2.05) is 6.92 Å². The van der Waals surface area contributed by atoms with Gasteiger partial charge in [-0.25, -0.2) is 8.42 Å². The van der Waals surface area contributed by atoms with Crippen molar-refractivity contribution in [3.8, 4) is 0 Å². The number of hydrogen-bond acceptors (Lipinski definition) is 4. The number of nitrogens with zero attached hydrogens (tertiary/aromatic N) is 2. The molecular weight excluding hydrogens is 350 g/mol. The van der Waals surface area contributed by atoms with Gasteiger partial charge in [0, 0.05) is 26.2 Å². The summed E-state index contributed by atoms with van der Waals surface area (Å²) in [5.74, 6) is 1.49. The van der Waals surface area contributed by atoms with Gasteiger partial charge in [-0.15, -0.1) is 0 Å². The molecule has 2 aliphatic rings. The highest BCUT2D eigenvalue weighted by Crippen LogP contribution is 2.22. The third-order valence-corrected chi connectivity index (χ3v) is 7.55. The molecule has 0 saturated carbocycles. The zero-order valence-electron chi connectivity index (χ0n) is 16.7. The maximum Gasteiger partial charge on any atom is 0.238 e. The molecule has 0 aliphatic carbocycles. The van der Waals surface area contributed by atoms with Crippen molar-refractivity contribution in [2.75, 3.05) is 38.5 Å². The van der Waals surface area contributed by atoms with Crippen molar-refractivity contribution >= 4 is 15.9 Å². The van der Waals surface area contributed by atoms with Crippen LogP contribution in [0.25, 0.3) is 0 Å². The summed E-state index contributed by atoms with van der Waals surface area (Å²) in [6, 6.07) is -0.518. The molecule has 3 unspecified atom stereocenters. The van der Waals surface area contributed by atoms with Crippen LogP contribution in [0.5, 0.6) is 0 Å². The number of likely N-dealkylation sites (tertiary alicyclic amines) is 1. The molecule has 7 heteroatoms. The molecule has 2 rings (SSSR count). The minimum Gasteiger partial charge on any atom is -0.355 e. The average molecular weight is 388 g/mol. The highest BCUT2D eigenvalue weighted by atomic mass is 32.2. The van der Waals surface area contributed by atoms with Crippen LogP contribution in [0.1, 0.15) is 59.3 Å². The fourth-order valence-electron chi connectivity index (χ4n) is 4.48. The molecule has 6 nitrogen and oxygen atoms in total. The molecule has 152 valence electrons. The van der Waals surface area contributed by atoms with Crippen molar-refractivity contribution in [2.24, 2.45) is 11.8 Å². The Hall–Kier alpha value is -0.660. The smallest absolute Gasteiger partial charge is 0.238 e. The Kier molecular flexibility index (Phi) is 8.36. The van der Waals surface area contributed by atoms with Gasteiger partial charge < -0.3 is 10.2 Å². The normalized spacial score (nSPS) is 28.8. The molecule has 0 aromatic carbocycles. The number of amides is 1. The lowest BCUT2D eigenvalue weighted by Gasteiger charge is -2.35. The zero-order chi connectivity index (χ0) is 19.2. The molecule has 3 atom stereocenters. The first kappa shape index (κ1) is 21.6. The number of rotatable bonds is 8. The van der Waals surface area contributed by atoms with E-state index in [4.69, 9.17) is 0 Å². The largest absolute Gasteiger partial charge is 0.355 e. The molecule has 1 amide bonds. The van der Waals surface area contributed by atoms with Gasteiger partial charge in [-0.1, -0.05) is 27.2 Å². The number of nitrogens with one attached hydrogen (secondary N) is 1. The Morgan fingerprint density at radius 2 is 1.85 bits per heavy atom. The van der Waals surface area contributed by atoms with E-state index in [1.54, 1.807) is 0 Å². The van der Waals surface area contributed by atoms with E-state index in [9.17, 15) is 13.2 Å². The van der Waals surface area contributed by atoms with E-state index in [2.05, 4.69) is 24.1 Å². The molecule has 0 radical (unpaired) electrons. The van der Waals surface area contributed by atoms with E-state index in [1.165, 1.54) is 10.7 Å². The van der Waals surface area contributed by atoms with Gasteiger partial charge in [0.15, 0.2) is 0 Å². The third-order valence-electron chi connectivity index (χ3n) is 5.47. The Morgan fingerprint density at radius 3 is 2.50 bits per heavy atom. The highest BCUT2D eigenvalue weighted by Gasteiger charge is 2.35. The summed E-state index contributed by atoms with van der Waals surface area (Å²) in [5, 5.41) is 2.99. The summed E-state index contributed by atoms with van der Waals surface area (Å²) in [7, 11) is -3.32. The van der Waals surface area contributed by atoms with E-state index in [0.29, 0.717) is 25.9 Å². The maximum atomic E-state index is 12.6. The van der Waals surface area contributed by atoms with Crippen molar-refractivity contribution < 1.29 is 13.2 Å². The maximum absolute atomic E-state index is 12.6. The van der Waals surface area contributed by atoms with Crippen LogP contribution in [0.2, 0.25) is 0 Å². The van der Waals surface area contributed by atoms with Crippen LogP contribution < -0.4 is 5.32 Å². The molecule has 2 aliphatic heterocycles. The second-order valence-electron chi connectivity index (χ2n) is 8.29. The summed E-state index contributed by atoms with van der Waals surface area (Å²) in [4.78, 5) is 15.1. The van der Waals surface area contributed by atoms with Gasteiger partial charge in [-0.2, -0.15) is 4.31 Å². The van der Waals surface area contributed by atoms with Gasteiger partial charge in [0.1, 0.15) is 6.04 Å².